The highest BCUT2D eigenvalue weighted by Crippen LogP contribution is 2.16. The second-order valence-corrected chi connectivity index (χ2v) is 2.47. The minimum atomic E-state index is 0.403. The Labute approximate surface area is 65.0 Å². The molecular formula is C7H9ClN2. The quantitative estimate of drug-likeness (QED) is 0.670. The molecule has 0 aliphatic carbocycles. The molecule has 1 rings (SSSR count). The van der Waals surface area contributed by atoms with Gasteiger partial charge < -0.3 is 5.73 Å². The average Bonchev–Trinajstić information content (AvgIpc) is 1.95. The van der Waals surface area contributed by atoms with E-state index in [1.54, 1.807) is 6.20 Å². The van der Waals surface area contributed by atoms with Gasteiger partial charge in [-0.3, -0.25) is 4.98 Å². The monoisotopic (exact) mass is 156 g/mol. The molecule has 1 heterocycles. The van der Waals surface area contributed by atoms with Gasteiger partial charge in [0.05, 0.1) is 10.7 Å². The minimum Gasteiger partial charge on any atom is -0.325 e. The van der Waals surface area contributed by atoms with Crippen LogP contribution in [0.3, 0.4) is 0 Å². The van der Waals surface area contributed by atoms with Crippen LogP contribution in [0.2, 0.25) is 5.02 Å². The number of rotatable bonds is 1. The van der Waals surface area contributed by atoms with E-state index in [0.717, 1.165) is 11.3 Å². The number of nitrogens with zero attached hydrogens (tertiary/aromatic N) is 1. The first kappa shape index (κ1) is 7.51. The molecule has 0 saturated heterocycles. The van der Waals surface area contributed by atoms with Crippen molar-refractivity contribution in [1.29, 1.82) is 0 Å². The smallest absolute Gasteiger partial charge is 0.0727 e. The number of aryl methyl sites for hydroxylation is 1. The fraction of sp³-hybridized carbons (Fsp3) is 0.286. The van der Waals surface area contributed by atoms with Gasteiger partial charge in [0.25, 0.3) is 0 Å². The molecule has 0 bridgehead atoms. The predicted molar refractivity (Wildman–Crippen MR) is 41.9 cm³/mol. The zero-order chi connectivity index (χ0) is 7.56. The van der Waals surface area contributed by atoms with Crippen molar-refractivity contribution in [2.75, 3.05) is 0 Å². The Morgan fingerprint density at radius 3 is 2.90 bits per heavy atom. The summed E-state index contributed by atoms with van der Waals surface area (Å²) in [6.07, 6.45) is 1.71. The number of aromatic nitrogens is 1. The second-order valence-electron chi connectivity index (χ2n) is 2.09. The molecule has 0 amide bonds. The third kappa shape index (κ3) is 1.28. The van der Waals surface area contributed by atoms with Gasteiger partial charge in [-0.15, -0.1) is 0 Å². The molecule has 2 N–H and O–H groups in total. The van der Waals surface area contributed by atoms with Crippen molar-refractivity contribution in [3.05, 3.63) is 28.5 Å². The maximum Gasteiger partial charge on any atom is 0.0727 e. The molecule has 0 saturated carbocycles. The van der Waals surface area contributed by atoms with Gasteiger partial charge in [-0.1, -0.05) is 11.6 Å². The van der Waals surface area contributed by atoms with Crippen molar-refractivity contribution in [3.63, 3.8) is 0 Å². The van der Waals surface area contributed by atoms with Crippen LogP contribution in [0.25, 0.3) is 0 Å². The summed E-state index contributed by atoms with van der Waals surface area (Å²) in [5, 5.41) is 0.685. The van der Waals surface area contributed by atoms with Gasteiger partial charge in [0.15, 0.2) is 0 Å². The Bertz CT molecular complexity index is 235. The van der Waals surface area contributed by atoms with Gasteiger partial charge in [0.1, 0.15) is 0 Å². The first-order chi connectivity index (χ1) is 4.75. The maximum atomic E-state index is 5.85. The molecule has 0 radical (unpaired) electrons. The zero-order valence-electron chi connectivity index (χ0n) is 5.76. The van der Waals surface area contributed by atoms with Crippen molar-refractivity contribution in [2.24, 2.45) is 5.73 Å². The van der Waals surface area contributed by atoms with Crippen molar-refractivity contribution < 1.29 is 0 Å². The average molecular weight is 157 g/mol. The van der Waals surface area contributed by atoms with Crippen molar-refractivity contribution in [1.82, 2.24) is 4.98 Å². The summed E-state index contributed by atoms with van der Waals surface area (Å²) in [6.45, 7) is 2.34. The fourth-order valence-electron chi connectivity index (χ4n) is 0.739. The second kappa shape index (κ2) is 2.99. The lowest BCUT2D eigenvalue weighted by molar-refractivity contribution is 0.985. The molecule has 0 aliphatic heterocycles. The van der Waals surface area contributed by atoms with E-state index in [1.165, 1.54) is 0 Å². The third-order valence-electron chi connectivity index (χ3n) is 1.35. The molecule has 1 aromatic rings. The topological polar surface area (TPSA) is 38.9 Å². The number of halogens is 1. The van der Waals surface area contributed by atoms with Crippen LogP contribution in [0, 0.1) is 6.92 Å². The molecule has 0 aromatic carbocycles. The standard InChI is InChI=1S/C7H9ClN2/c1-5-2-3-10-6(4-9)7(5)8/h2-3H,4,9H2,1H3. The summed E-state index contributed by atoms with van der Waals surface area (Å²) in [7, 11) is 0. The molecule has 1 aromatic heterocycles. The Kier molecular flexibility index (Phi) is 2.25. The summed E-state index contributed by atoms with van der Waals surface area (Å²) >= 11 is 5.85. The van der Waals surface area contributed by atoms with Crippen molar-refractivity contribution in [3.8, 4) is 0 Å². The zero-order valence-corrected chi connectivity index (χ0v) is 6.52. The Morgan fingerprint density at radius 2 is 2.40 bits per heavy atom. The molecule has 54 valence electrons. The summed E-state index contributed by atoms with van der Waals surface area (Å²) in [5.41, 5.74) is 7.16. The molecule has 2 nitrogen and oxygen atoms in total. The first-order valence-corrected chi connectivity index (χ1v) is 3.43. The highest BCUT2D eigenvalue weighted by molar-refractivity contribution is 6.31. The predicted octanol–water partition coefficient (Wildman–Crippen LogP) is 1.50. The summed E-state index contributed by atoms with van der Waals surface area (Å²) < 4.78 is 0. The summed E-state index contributed by atoms with van der Waals surface area (Å²) in [4.78, 5) is 4.00. The van der Waals surface area contributed by atoms with E-state index in [9.17, 15) is 0 Å². The maximum absolute atomic E-state index is 5.85. The lowest BCUT2D eigenvalue weighted by atomic mass is 10.2. The molecule has 3 heteroatoms. The number of hydrogen-bond acceptors (Lipinski definition) is 2. The van der Waals surface area contributed by atoms with E-state index >= 15 is 0 Å². The Morgan fingerprint density at radius 1 is 1.70 bits per heavy atom. The van der Waals surface area contributed by atoms with Crippen molar-refractivity contribution in [2.45, 2.75) is 13.5 Å². The molecule has 0 unspecified atom stereocenters. The van der Waals surface area contributed by atoms with Crippen LogP contribution in [-0.4, -0.2) is 4.98 Å². The molecule has 0 fully saturated rings. The van der Waals surface area contributed by atoms with E-state index < -0.39 is 0 Å². The highest BCUT2D eigenvalue weighted by atomic mass is 35.5. The first-order valence-electron chi connectivity index (χ1n) is 3.05. The van der Waals surface area contributed by atoms with Gasteiger partial charge in [-0.05, 0) is 18.6 Å². The van der Waals surface area contributed by atoms with E-state index in [-0.39, 0.29) is 0 Å². The molecule has 10 heavy (non-hydrogen) atoms. The lowest BCUT2D eigenvalue weighted by Gasteiger charge is -2.00. The largest absolute Gasteiger partial charge is 0.325 e. The van der Waals surface area contributed by atoms with Crippen LogP contribution >= 0.6 is 11.6 Å². The molecular weight excluding hydrogens is 148 g/mol. The molecule has 0 atom stereocenters. The van der Waals surface area contributed by atoms with Crippen LogP contribution in [0.15, 0.2) is 12.3 Å². The van der Waals surface area contributed by atoms with E-state index in [1.807, 2.05) is 13.0 Å². The van der Waals surface area contributed by atoms with E-state index in [2.05, 4.69) is 4.98 Å². The van der Waals surface area contributed by atoms with Gasteiger partial charge in [0.2, 0.25) is 0 Å². The van der Waals surface area contributed by atoms with Crippen LogP contribution < -0.4 is 5.73 Å². The van der Waals surface area contributed by atoms with Crippen LogP contribution in [0.4, 0.5) is 0 Å². The van der Waals surface area contributed by atoms with E-state index in [0.29, 0.717) is 11.6 Å². The van der Waals surface area contributed by atoms with Crippen LogP contribution in [0.1, 0.15) is 11.3 Å². The van der Waals surface area contributed by atoms with Crippen LogP contribution in [0.5, 0.6) is 0 Å². The lowest BCUT2D eigenvalue weighted by Crippen LogP contribution is -2.00. The normalized spacial score (nSPS) is 9.90. The number of pyridine rings is 1. The fourth-order valence-corrected chi connectivity index (χ4v) is 0.928. The van der Waals surface area contributed by atoms with Crippen LogP contribution in [-0.2, 0) is 6.54 Å². The highest BCUT2D eigenvalue weighted by Gasteiger charge is 2.00. The van der Waals surface area contributed by atoms with Gasteiger partial charge in [-0.25, -0.2) is 0 Å². The molecule has 0 spiro atoms. The third-order valence-corrected chi connectivity index (χ3v) is 1.86. The Balaban J connectivity index is 3.14. The molecule has 0 aliphatic rings. The summed E-state index contributed by atoms with van der Waals surface area (Å²) in [6, 6.07) is 1.86. The SMILES string of the molecule is Cc1ccnc(CN)c1Cl. The van der Waals surface area contributed by atoms with Gasteiger partial charge >= 0.3 is 0 Å². The van der Waals surface area contributed by atoms with Gasteiger partial charge in [0, 0.05) is 12.7 Å². The Hall–Kier alpha value is -0.600. The van der Waals surface area contributed by atoms with Gasteiger partial charge in [-0.2, -0.15) is 0 Å². The van der Waals surface area contributed by atoms with E-state index in [4.69, 9.17) is 17.3 Å². The number of nitrogens with two attached hydrogens (primary N) is 1. The summed E-state index contributed by atoms with van der Waals surface area (Å²) in [5.74, 6) is 0. The van der Waals surface area contributed by atoms with Crippen molar-refractivity contribution >= 4 is 11.6 Å². The number of hydrogen-bond donors (Lipinski definition) is 1. The minimum absolute atomic E-state index is 0.403.